The minimum atomic E-state index is -0.0426. The van der Waals surface area contributed by atoms with Crippen LogP contribution in [0.2, 0.25) is 0 Å². The van der Waals surface area contributed by atoms with Gasteiger partial charge in [-0.05, 0) is 70.6 Å². The average molecular weight is 270 g/mol. The molecule has 0 aromatic carbocycles. The van der Waals surface area contributed by atoms with Crippen LogP contribution < -0.4 is 5.32 Å². The van der Waals surface area contributed by atoms with Crippen LogP contribution in [0.4, 0.5) is 0 Å². The summed E-state index contributed by atoms with van der Waals surface area (Å²) in [6, 6.07) is 0. The Kier molecular flexibility index (Phi) is 7.96. The molecule has 2 N–H and O–H groups in total. The fourth-order valence-corrected chi connectivity index (χ4v) is 2.95. The van der Waals surface area contributed by atoms with Gasteiger partial charge in [-0.3, -0.25) is 0 Å². The minimum Gasteiger partial charge on any atom is -0.394 e. The Morgan fingerprint density at radius 3 is 2.47 bits per heavy atom. The van der Waals surface area contributed by atoms with E-state index in [1.807, 2.05) is 0 Å². The lowest BCUT2D eigenvalue weighted by Crippen LogP contribution is -2.49. The number of likely N-dealkylation sites (tertiary alicyclic amines) is 1. The van der Waals surface area contributed by atoms with Crippen LogP contribution in [-0.4, -0.2) is 48.3 Å². The van der Waals surface area contributed by atoms with Gasteiger partial charge in [0.15, 0.2) is 0 Å². The van der Waals surface area contributed by atoms with Crippen molar-refractivity contribution >= 4 is 0 Å². The Labute approximate surface area is 119 Å². The quantitative estimate of drug-likeness (QED) is 0.676. The third-order valence-corrected chi connectivity index (χ3v) is 4.74. The first-order valence-electron chi connectivity index (χ1n) is 8.24. The van der Waals surface area contributed by atoms with Gasteiger partial charge in [0, 0.05) is 5.54 Å². The molecule has 3 heteroatoms. The normalized spacial score (nSPS) is 21.5. The zero-order chi connectivity index (χ0) is 14.1. The van der Waals surface area contributed by atoms with Crippen LogP contribution in [0.3, 0.4) is 0 Å². The fraction of sp³-hybridized carbons (Fsp3) is 1.00. The second kappa shape index (κ2) is 8.93. The van der Waals surface area contributed by atoms with E-state index in [2.05, 4.69) is 31.0 Å². The Balaban J connectivity index is 2.27. The van der Waals surface area contributed by atoms with Crippen molar-refractivity contribution in [2.45, 2.75) is 64.8 Å². The summed E-state index contributed by atoms with van der Waals surface area (Å²) in [5.74, 6) is 0.912. The zero-order valence-electron chi connectivity index (χ0n) is 13.2. The van der Waals surface area contributed by atoms with Gasteiger partial charge in [-0.1, -0.05) is 20.8 Å². The highest BCUT2D eigenvalue weighted by Crippen LogP contribution is 2.20. The van der Waals surface area contributed by atoms with Crippen LogP contribution in [0.25, 0.3) is 0 Å². The molecule has 1 aliphatic heterocycles. The van der Waals surface area contributed by atoms with E-state index >= 15 is 0 Å². The smallest absolute Gasteiger partial charge is 0.0613 e. The van der Waals surface area contributed by atoms with Crippen molar-refractivity contribution in [1.82, 2.24) is 10.2 Å². The van der Waals surface area contributed by atoms with Gasteiger partial charge in [-0.15, -0.1) is 0 Å². The molecular formula is C16H34N2O. The highest BCUT2D eigenvalue weighted by atomic mass is 16.3. The number of aliphatic hydroxyl groups excluding tert-OH is 1. The van der Waals surface area contributed by atoms with Crippen LogP contribution in [0.1, 0.15) is 59.3 Å². The molecule has 0 spiro atoms. The maximum absolute atomic E-state index is 9.70. The van der Waals surface area contributed by atoms with Crippen molar-refractivity contribution in [3.05, 3.63) is 0 Å². The minimum absolute atomic E-state index is 0.0426. The molecule has 1 aliphatic rings. The Hall–Kier alpha value is -0.120. The van der Waals surface area contributed by atoms with Crippen molar-refractivity contribution in [3.63, 3.8) is 0 Å². The summed E-state index contributed by atoms with van der Waals surface area (Å²) in [5, 5.41) is 13.3. The summed E-state index contributed by atoms with van der Waals surface area (Å²) < 4.78 is 0. The summed E-state index contributed by atoms with van der Waals surface area (Å²) in [6.45, 7) is 11.7. The van der Waals surface area contributed by atoms with E-state index < -0.39 is 0 Å². The Morgan fingerprint density at radius 2 is 1.95 bits per heavy atom. The number of rotatable bonds is 9. The SMILES string of the molecule is CCCNC(CC)(CO)CCCN1CCC(C)CC1. The van der Waals surface area contributed by atoms with Crippen LogP contribution in [0.15, 0.2) is 0 Å². The molecule has 0 aromatic rings. The van der Waals surface area contributed by atoms with Gasteiger partial charge >= 0.3 is 0 Å². The molecule has 3 nitrogen and oxygen atoms in total. The van der Waals surface area contributed by atoms with Crippen molar-refractivity contribution in [1.29, 1.82) is 0 Å². The lowest BCUT2D eigenvalue weighted by molar-refractivity contribution is 0.132. The maximum Gasteiger partial charge on any atom is 0.0613 e. The third kappa shape index (κ3) is 5.80. The summed E-state index contributed by atoms with van der Waals surface area (Å²) in [4.78, 5) is 2.59. The van der Waals surface area contributed by atoms with E-state index in [1.54, 1.807) is 0 Å². The van der Waals surface area contributed by atoms with Crippen LogP contribution in [0.5, 0.6) is 0 Å². The van der Waals surface area contributed by atoms with Gasteiger partial charge in [0.25, 0.3) is 0 Å². The molecule has 0 aromatic heterocycles. The molecule has 0 saturated carbocycles. The van der Waals surface area contributed by atoms with Gasteiger partial charge < -0.3 is 15.3 Å². The molecule has 0 amide bonds. The van der Waals surface area contributed by atoms with Gasteiger partial charge in [0.05, 0.1) is 6.61 Å². The number of hydrogen-bond donors (Lipinski definition) is 2. The molecule has 19 heavy (non-hydrogen) atoms. The summed E-state index contributed by atoms with van der Waals surface area (Å²) in [7, 11) is 0. The lowest BCUT2D eigenvalue weighted by atomic mass is 9.90. The van der Waals surface area contributed by atoms with E-state index in [1.165, 1.54) is 38.9 Å². The van der Waals surface area contributed by atoms with E-state index in [0.29, 0.717) is 0 Å². The van der Waals surface area contributed by atoms with Crippen molar-refractivity contribution in [2.24, 2.45) is 5.92 Å². The second-order valence-electron chi connectivity index (χ2n) is 6.35. The topological polar surface area (TPSA) is 35.5 Å². The molecule has 1 heterocycles. The molecule has 1 fully saturated rings. The number of hydrogen-bond acceptors (Lipinski definition) is 3. The zero-order valence-corrected chi connectivity index (χ0v) is 13.2. The molecular weight excluding hydrogens is 236 g/mol. The van der Waals surface area contributed by atoms with Gasteiger partial charge in [0.1, 0.15) is 0 Å². The van der Waals surface area contributed by atoms with Gasteiger partial charge in [0.2, 0.25) is 0 Å². The summed E-state index contributed by atoms with van der Waals surface area (Å²) >= 11 is 0. The highest BCUT2D eigenvalue weighted by molar-refractivity contribution is 4.86. The largest absolute Gasteiger partial charge is 0.394 e. The molecule has 114 valence electrons. The van der Waals surface area contributed by atoms with Crippen LogP contribution in [0, 0.1) is 5.92 Å². The van der Waals surface area contributed by atoms with E-state index in [9.17, 15) is 5.11 Å². The predicted molar refractivity (Wildman–Crippen MR) is 82.5 cm³/mol. The molecule has 1 saturated heterocycles. The van der Waals surface area contributed by atoms with Crippen LogP contribution >= 0.6 is 0 Å². The molecule has 1 rings (SSSR count). The summed E-state index contributed by atoms with van der Waals surface area (Å²) in [5.41, 5.74) is -0.0426. The standard InChI is InChI=1S/C16H34N2O/c1-4-10-17-16(5-2,14-19)9-6-11-18-12-7-15(3)8-13-18/h15,17,19H,4-14H2,1-3H3. The monoisotopic (exact) mass is 270 g/mol. The van der Waals surface area contributed by atoms with E-state index in [4.69, 9.17) is 0 Å². The Morgan fingerprint density at radius 1 is 1.26 bits per heavy atom. The van der Waals surface area contributed by atoms with Gasteiger partial charge in [-0.2, -0.15) is 0 Å². The van der Waals surface area contributed by atoms with Gasteiger partial charge in [-0.25, -0.2) is 0 Å². The fourth-order valence-electron chi connectivity index (χ4n) is 2.95. The number of aliphatic hydroxyl groups is 1. The lowest BCUT2D eigenvalue weighted by Gasteiger charge is -2.34. The Bertz CT molecular complexity index is 221. The predicted octanol–water partition coefficient (Wildman–Crippen LogP) is 2.64. The average Bonchev–Trinajstić information content (AvgIpc) is 2.45. The molecule has 0 aliphatic carbocycles. The highest BCUT2D eigenvalue weighted by Gasteiger charge is 2.26. The number of nitrogens with one attached hydrogen (secondary N) is 1. The van der Waals surface area contributed by atoms with Crippen molar-refractivity contribution < 1.29 is 5.11 Å². The van der Waals surface area contributed by atoms with Crippen LogP contribution in [-0.2, 0) is 0 Å². The number of piperidine rings is 1. The maximum atomic E-state index is 9.70. The third-order valence-electron chi connectivity index (χ3n) is 4.74. The molecule has 0 bridgehead atoms. The molecule has 1 unspecified atom stereocenters. The first kappa shape index (κ1) is 16.9. The molecule has 0 radical (unpaired) electrons. The molecule has 1 atom stereocenters. The summed E-state index contributed by atoms with van der Waals surface area (Å²) in [6.07, 6.45) is 7.14. The van der Waals surface area contributed by atoms with E-state index in [0.717, 1.165) is 31.7 Å². The number of nitrogens with zero attached hydrogens (tertiary/aromatic N) is 1. The second-order valence-corrected chi connectivity index (χ2v) is 6.35. The van der Waals surface area contributed by atoms with Crippen molar-refractivity contribution in [2.75, 3.05) is 32.8 Å². The first-order valence-corrected chi connectivity index (χ1v) is 8.24. The first-order chi connectivity index (χ1) is 9.15. The van der Waals surface area contributed by atoms with Crippen molar-refractivity contribution in [3.8, 4) is 0 Å². The van der Waals surface area contributed by atoms with E-state index in [-0.39, 0.29) is 12.1 Å².